The van der Waals surface area contributed by atoms with E-state index < -0.39 is 26.0 Å². The van der Waals surface area contributed by atoms with Crippen LogP contribution in [0.15, 0.2) is 77.7 Å². The summed E-state index contributed by atoms with van der Waals surface area (Å²) in [5, 5.41) is 2.71. The predicted molar refractivity (Wildman–Crippen MR) is 159 cm³/mol. The van der Waals surface area contributed by atoms with Crippen molar-refractivity contribution in [1.29, 1.82) is 0 Å². The lowest BCUT2D eigenvalue weighted by atomic mass is 10.1. The van der Waals surface area contributed by atoms with Crippen LogP contribution < -0.4 is 19.3 Å². The first-order chi connectivity index (χ1) is 19.5. The van der Waals surface area contributed by atoms with Crippen LogP contribution in [-0.4, -0.2) is 79.9 Å². The van der Waals surface area contributed by atoms with E-state index in [0.29, 0.717) is 44.2 Å². The molecule has 1 saturated heterocycles. The zero-order chi connectivity index (χ0) is 29.6. The molecular formula is C28H34N4O7S2. The molecule has 0 radical (unpaired) electrons. The van der Waals surface area contributed by atoms with Crippen LogP contribution in [0, 0.1) is 0 Å². The third-order valence-electron chi connectivity index (χ3n) is 6.67. The number of ether oxygens (including phenoxy) is 2. The van der Waals surface area contributed by atoms with Crippen LogP contribution in [0.1, 0.15) is 17.3 Å². The fourth-order valence-electron chi connectivity index (χ4n) is 4.33. The van der Waals surface area contributed by atoms with Gasteiger partial charge in [0.15, 0.2) is 6.79 Å². The van der Waals surface area contributed by atoms with Gasteiger partial charge in [-0.15, -0.1) is 0 Å². The molecule has 1 heterocycles. The highest BCUT2D eigenvalue weighted by atomic mass is 32.2. The molecule has 1 fully saturated rings. The van der Waals surface area contributed by atoms with E-state index in [-0.39, 0.29) is 22.9 Å². The molecule has 1 aliphatic heterocycles. The molecule has 1 aliphatic rings. The third-order valence-corrected chi connectivity index (χ3v) is 9.77. The van der Waals surface area contributed by atoms with Crippen molar-refractivity contribution in [3.8, 4) is 5.75 Å². The van der Waals surface area contributed by atoms with Crippen molar-refractivity contribution in [1.82, 2.24) is 4.31 Å². The van der Waals surface area contributed by atoms with E-state index in [1.165, 1.54) is 41.7 Å². The van der Waals surface area contributed by atoms with E-state index >= 15 is 0 Å². The number of piperazine rings is 1. The number of nitrogens with one attached hydrogen (secondary N) is 1. The number of carbonyl (C=O) groups is 1. The maximum atomic E-state index is 13.3. The van der Waals surface area contributed by atoms with E-state index in [4.69, 9.17) is 9.47 Å². The summed E-state index contributed by atoms with van der Waals surface area (Å²) in [5.74, 6) is 0.166. The molecule has 0 aliphatic carbocycles. The Morgan fingerprint density at radius 1 is 0.927 bits per heavy atom. The van der Waals surface area contributed by atoms with Crippen LogP contribution in [0.2, 0.25) is 0 Å². The average molecular weight is 603 g/mol. The van der Waals surface area contributed by atoms with Crippen LogP contribution in [0.4, 0.5) is 17.1 Å². The van der Waals surface area contributed by atoms with Gasteiger partial charge >= 0.3 is 0 Å². The normalized spacial score (nSPS) is 14.5. The van der Waals surface area contributed by atoms with Gasteiger partial charge in [0.05, 0.1) is 22.4 Å². The van der Waals surface area contributed by atoms with E-state index in [1.54, 1.807) is 18.2 Å². The van der Waals surface area contributed by atoms with Gasteiger partial charge < -0.3 is 19.7 Å². The van der Waals surface area contributed by atoms with E-state index in [9.17, 15) is 21.6 Å². The second-order valence-corrected chi connectivity index (χ2v) is 13.3. The second kappa shape index (κ2) is 12.9. The second-order valence-electron chi connectivity index (χ2n) is 9.37. The Morgan fingerprint density at radius 2 is 1.61 bits per heavy atom. The van der Waals surface area contributed by atoms with E-state index in [1.807, 2.05) is 31.2 Å². The Labute approximate surface area is 241 Å². The van der Waals surface area contributed by atoms with E-state index in [0.717, 1.165) is 16.2 Å². The molecule has 41 heavy (non-hydrogen) atoms. The van der Waals surface area contributed by atoms with Gasteiger partial charge in [0.1, 0.15) is 5.75 Å². The fraction of sp³-hybridized carbons (Fsp3) is 0.321. The third kappa shape index (κ3) is 7.36. The van der Waals surface area contributed by atoms with Crippen molar-refractivity contribution in [2.75, 3.05) is 67.4 Å². The summed E-state index contributed by atoms with van der Waals surface area (Å²) in [7, 11) is -5.95. The molecule has 220 valence electrons. The van der Waals surface area contributed by atoms with Crippen LogP contribution in [0.5, 0.6) is 5.75 Å². The molecule has 0 atom stereocenters. The summed E-state index contributed by atoms with van der Waals surface area (Å²) in [4.78, 5) is 15.2. The minimum absolute atomic E-state index is 0.118. The van der Waals surface area contributed by atoms with Crippen LogP contribution >= 0.6 is 0 Å². The van der Waals surface area contributed by atoms with Crippen LogP contribution in [0.25, 0.3) is 0 Å². The predicted octanol–water partition coefficient (Wildman–Crippen LogP) is 3.22. The lowest BCUT2D eigenvalue weighted by Crippen LogP contribution is -2.48. The molecule has 0 bridgehead atoms. The highest BCUT2D eigenvalue weighted by Crippen LogP contribution is 2.26. The fourth-order valence-corrected chi connectivity index (χ4v) is 6.27. The van der Waals surface area contributed by atoms with Gasteiger partial charge in [-0.05, 0) is 55.5 Å². The summed E-state index contributed by atoms with van der Waals surface area (Å²) < 4.78 is 63.9. The molecule has 0 spiro atoms. The maximum Gasteiger partial charge on any atom is 0.257 e. The summed E-state index contributed by atoms with van der Waals surface area (Å²) in [5.41, 5.74) is 1.72. The highest BCUT2D eigenvalue weighted by Gasteiger charge is 2.29. The molecule has 1 amide bonds. The van der Waals surface area contributed by atoms with Gasteiger partial charge in [0.25, 0.3) is 5.91 Å². The summed E-state index contributed by atoms with van der Waals surface area (Å²) in [6, 6.07) is 19.9. The number of anilines is 3. The number of hydrogen-bond donors (Lipinski definition) is 1. The van der Waals surface area contributed by atoms with Crippen LogP contribution in [0.3, 0.4) is 0 Å². The van der Waals surface area contributed by atoms with Gasteiger partial charge in [-0.3, -0.25) is 9.10 Å². The first kappa shape index (κ1) is 30.3. The number of nitrogens with zero attached hydrogens (tertiary/aromatic N) is 3. The zero-order valence-corrected chi connectivity index (χ0v) is 24.8. The van der Waals surface area contributed by atoms with Crippen molar-refractivity contribution in [3.63, 3.8) is 0 Å². The Balaban J connectivity index is 1.39. The quantitative estimate of drug-likeness (QED) is 0.262. The molecule has 3 aromatic carbocycles. The minimum atomic E-state index is -3.74. The Kier molecular flexibility index (Phi) is 9.53. The molecule has 4 rings (SSSR count). The monoisotopic (exact) mass is 602 g/mol. The zero-order valence-electron chi connectivity index (χ0n) is 23.2. The lowest BCUT2D eigenvalue weighted by molar-refractivity contribution is 0.0224. The largest absolute Gasteiger partial charge is 0.467 e. The number of amides is 1. The minimum Gasteiger partial charge on any atom is -0.467 e. The van der Waals surface area contributed by atoms with Crippen molar-refractivity contribution in [2.45, 2.75) is 11.8 Å². The number of rotatable bonds is 11. The molecule has 13 heteroatoms. The maximum absolute atomic E-state index is 13.3. The average Bonchev–Trinajstić information content (AvgIpc) is 2.97. The summed E-state index contributed by atoms with van der Waals surface area (Å²) >= 11 is 0. The number of carbonyl (C=O) groups excluding carboxylic acids is 1. The topological polar surface area (TPSA) is 126 Å². The van der Waals surface area contributed by atoms with Gasteiger partial charge in [-0.25, -0.2) is 16.8 Å². The number of sulfonamides is 2. The van der Waals surface area contributed by atoms with Crippen molar-refractivity contribution in [3.05, 3.63) is 78.4 Å². The Hall–Kier alpha value is -3.65. The Morgan fingerprint density at radius 3 is 2.27 bits per heavy atom. The van der Waals surface area contributed by atoms with Crippen molar-refractivity contribution in [2.24, 2.45) is 0 Å². The van der Waals surface area contributed by atoms with Crippen molar-refractivity contribution < 1.29 is 31.1 Å². The SMILES string of the molecule is CCOCOc1cccc(N2CCN(S(=O)(=O)c3ccc(NC(=O)c4ccccc4N(C)S(C)(=O)=O)cc3)CC2)c1. The van der Waals surface area contributed by atoms with Gasteiger partial charge in [0, 0.05) is 57.3 Å². The molecule has 3 aromatic rings. The highest BCUT2D eigenvalue weighted by molar-refractivity contribution is 7.92. The van der Waals surface area contributed by atoms with Gasteiger partial charge in [0.2, 0.25) is 20.0 Å². The van der Waals surface area contributed by atoms with Gasteiger partial charge in [-0.2, -0.15) is 4.31 Å². The molecule has 11 nitrogen and oxygen atoms in total. The first-order valence-electron chi connectivity index (χ1n) is 13.0. The Bertz CT molecular complexity index is 1570. The number of hydrogen-bond acceptors (Lipinski definition) is 8. The van der Waals surface area contributed by atoms with Gasteiger partial charge in [-0.1, -0.05) is 18.2 Å². The van der Waals surface area contributed by atoms with Crippen LogP contribution in [-0.2, 0) is 24.8 Å². The molecule has 0 saturated carbocycles. The standard InChI is InChI=1S/C28H34N4O7S2/c1-4-38-21-39-24-9-7-8-23(20-24)31-16-18-32(19-17-31)41(36,37)25-14-12-22(13-15-25)29-28(33)26-10-5-6-11-27(26)30(2)40(3,34)35/h5-15,20H,4,16-19,21H2,1-3H3,(H,29,33). The molecule has 0 unspecified atom stereocenters. The summed E-state index contributed by atoms with van der Waals surface area (Å²) in [6.07, 6.45) is 1.05. The van der Waals surface area contributed by atoms with Crippen molar-refractivity contribution >= 4 is 43.0 Å². The molecule has 0 aromatic heterocycles. The lowest BCUT2D eigenvalue weighted by Gasteiger charge is -2.35. The molecular weight excluding hydrogens is 568 g/mol. The number of para-hydroxylation sites is 1. The smallest absolute Gasteiger partial charge is 0.257 e. The van der Waals surface area contributed by atoms with E-state index in [2.05, 4.69) is 10.2 Å². The first-order valence-corrected chi connectivity index (χ1v) is 16.3. The summed E-state index contributed by atoms with van der Waals surface area (Å²) in [6.45, 7) is 4.29. The number of benzene rings is 3. The molecule has 1 N–H and O–H groups in total.